The van der Waals surface area contributed by atoms with Crippen LogP contribution in [-0.2, 0) is 0 Å². The number of fused-ring (bicyclic) bond motifs is 1. The number of carbonyl (C=O) groups excluding carboxylic acids is 1. The molecule has 2 aromatic carbocycles. The molecule has 1 saturated heterocycles. The van der Waals surface area contributed by atoms with Gasteiger partial charge in [0, 0.05) is 24.7 Å². The van der Waals surface area contributed by atoms with Crippen LogP contribution in [0, 0.1) is 23.2 Å². The Morgan fingerprint density at radius 1 is 1.14 bits per heavy atom. The number of rotatable bonds is 4. The zero-order valence-electron chi connectivity index (χ0n) is 16.8. The first-order valence-corrected chi connectivity index (χ1v) is 10.6. The van der Waals surface area contributed by atoms with E-state index in [2.05, 4.69) is 32.0 Å². The first kappa shape index (κ1) is 19.8. The molecular formula is C24H25ClN2O2. The van der Waals surface area contributed by atoms with E-state index in [1.165, 1.54) is 5.56 Å². The van der Waals surface area contributed by atoms with Crippen LogP contribution in [-0.4, -0.2) is 30.0 Å². The van der Waals surface area contributed by atoms with E-state index in [-0.39, 0.29) is 12.0 Å². The molecule has 0 aromatic heterocycles. The summed E-state index contributed by atoms with van der Waals surface area (Å²) in [5, 5.41) is 9.40. The van der Waals surface area contributed by atoms with Gasteiger partial charge in [-0.1, -0.05) is 37.6 Å². The summed E-state index contributed by atoms with van der Waals surface area (Å²) in [5.41, 5.74) is 2.48. The lowest BCUT2D eigenvalue weighted by atomic mass is 10.0. The van der Waals surface area contributed by atoms with Crippen molar-refractivity contribution in [3.63, 3.8) is 0 Å². The Morgan fingerprint density at radius 3 is 2.34 bits per heavy atom. The molecule has 0 N–H and O–H groups in total. The summed E-state index contributed by atoms with van der Waals surface area (Å²) in [6.45, 7) is 5.90. The van der Waals surface area contributed by atoms with Crippen molar-refractivity contribution < 1.29 is 9.53 Å². The van der Waals surface area contributed by atoms with Gasteiger partial charge < -0.3 is 9.64 Å². The van der Waals surface area contributed by atoms with Crippen LogP contribution in [0.5, 0.6) is 5.75 Å². The molecule has 0 radical (unpaired) electrons. The number of ether oxygens (including phenoxy) is 1. The molecule has 150 valence electrons. The molecule has 1 saturated carbocycles. The van der Waals surface area contributed by atoms with Crippen molar-refractivity contribution in [2.75, 3.05) is 13.1 Å². The van der Waals surface area contributed by atoms with Crippen molar-refractivity contribution in [3.8, 4) is 11.8 Å². The Labute approximate surface area is 177 Å². The van der Waals surface area contributed by atoms with Gasteiger partial charge in [-0.05, 0) is 60.4 Å². The Morgan fingerprint density at radius 2 is 1.79 bits per heavy atom. The fraction of sp³-hybridized carbons (Fsp3) is 0.417. The molecule has 1 aliphatic heterocycles. The van der Waals surface area contributed by atoms with Crippen LogP contribution in [0.1, 0.15) is 54.1 Å². The van der Waals surface area contributed by atoms with Gasteiger partial charge in [0.2, 0.25) is 0 Å². The number of halogens is 1. The second-order valence-electron chi connectivity index (χ2n) is 8.47. The second kappa shape index (κ2) is 8.08. The Balaban J connectivity index is 1.34. The van der Waals surface area contributed by atoms with Crippen molar-refractivity contribution in [1.82, 2.24) is 4.90 Å². The number of benzene rings is 2. The number of hydrogen-bond acceptors (Lipinski definition) is 3. The zero-order chi connectivity index (χ0) is 20.5. The number of nitriles is 1. The van der Waals surface area contributed by atoms with E-state index < -0.39 is 0 Å². The summed E-state index contributed by atoms with van der Waals surface area (Å²) >= 11 is 6.10. The quantitative estimate of drug-likeness (QED) is 0.692. The molecule has 1 heterocycles. The molecule has 5 heteroatoms. The molecule has 3 atom stereocenters. The molecule has 0 spiro atoms. The highest BCUT2D eigenvalue weighted by Crippen LogP contribution is 2.40. The van der Waals surface area contributed by atoms with Crippen LogP contribution in [0.25, 0.3) is 0 Å². The third-order valence-electron chi connectivity index (χ3n) is 6.18. The topological polar surface area (TPSA) is 53.3 Å². The molecule has 1 unspecified atom stereocenters. The van der Waals surface area contributed by atoms with Gasteiger partial charge in [0.1, 0.15) is 11.8 Å². The highest BCUT2D eigenvalue weighted by atomic mass is 35.5. The lowest BCUT2D eigenvalue weighted by molar-refractivity contribution is 0.0769. The van der Waals surface area contributed by atoms with Crippen LogP contribution < -0.4 is 4.74 Å². The molecule has 2 fully saturated rings. The van der Waals surface area contributed by atoms with Crippen molar-refractivity contribution in [2.24, 2.45) is 11.8 Å². The Hall–Kier alpha value is -2.51. The SMILES string of the molecule is CC(C)c1ccc(C(=O)N2C[C@H]3CC(Oc4ccc(C#N)c(Cl)c4)C[C@H]3C2)cc1. The molecule has 2 aliphatic rings. The third-order valence-corrected chi connectivity index (χ3v) is 6.50. The fourth-order valence-corrected chi connectivity index (χ4v) is 4.76. The standard InChI is InChI=1S/C24H25ClN2O2/c1-15(2)16-3-5-17(6-4-16)24(28)27-13-19-9-22(10-20(19)14-27)29-21-8-7-18(12-26)23(25)11-21/h3-8,11,15,19-20,22H,9-10,13-14H2,1-2H3/t19-,20+,22?. The van der Waals surface area contributed by atoms with Crippen LogP contribution in [0.4, 0.5) is 0 Å². The third kappa shape index (κ3) is 4.11. The summed E-state index contributed by atoms with van der Waals surface area (Å²) in [6, 6.07) is 15.3. The molecule has 4 rings (SSSR count). The second-order valence-corrected chi connectivity index (χ2v) is 8.88. The molecule has 1 aliphatic carbocycles. The average Bonchev–Trinajstić information content (AvgIpc) is 3.26. The van der Waals surface area contributed by atoms with Crippen molar-refractivity contribution in [1.29, 1.82) is 5.26 Å². The summed E-state index contributed by atoms with van der Waals surface area (Å²) < 4.78 is 6.11. The molecular weight excluding hydrogens is 384 g/mol. The van der Waals surface area contributed by atoms with E-state index in [0.717, 1.165) is 31.5 Å². The highest BCUT2D eigenvalue weighted by Gasteiger charge is 2.43. The normalized spacial score (nSPS) is 23.1. The first-order valence-electron chi connectivity index (χ1n) is 10.2. The van der Waals surface area contributed by atoms with E-state index in [1.807, 2.05) is 17.0 Å². The van der Waals surface area contributed by atoms with Crippen molar-refractivity contribution in [2.45, 2.75) is 38.7 Å². The number of carbonyl (C=O) groups is 1. The van der Waals surface area contributed by atoms with Crippen LogP contribution >= 0.6 is 11.6 Å². The summed E-state index contributed by atoms with van der Waals surface area (Å²) in [6.07, 6.45) is 2.02. The van der Waals surface area contributed by atoms with Gasteiger partial charge in [-0.25, -0.2) is 0 Å². The monoisotopic (exact) mass is 408 g/mol. The fourth-order valence-electron chi connectivity index (χ4n) is 4.55. The lowest BCUT2D eigenvalue weighted by Crippen LogP contribution is -2.30. The first-order chi connectivity index (χ1) is 13.9. The Bertz CT molecular complexity index is 934. The lowest BCUT2D eigenvalue weighted by Gasteiger charge is -2.20. The maximum absolute atomic E-state index is 12.9. The molecule has 29 heavy (non-hydrogen) atoms. The van der Waals surface area contributed by atoms with Crippen LogP contribution in [0.3, 0.4) is 0 Å². The minimum absolute atomic E-state index is 0.131. The molecule has 2 aromatic rings. The van der Waals surface area contributed by atoms with Gasteiger partial charge in [0.05, 0.1) is 16.7 Å². The summed E-state index contributed by atoms with van der Waals surface area (Å²) in [4.78, 5) is 14.9. The van der Waals surface area contributed by atoms with Crippen molar-refractivity contribution >= 4 is 17.5 Å². The van der Waals surface area contributed by atoms with Crippen molar-refractivity contribution in [3.05, 3.63) is 64.2 Å². The van der Waals surface area contributed by atoms with Gasteiger partial charge in [-0.15, -0.1) is 0 Å². The summed E-state index contributed by atoms with van der Waals surface area (Å²) in [5.74, 6) is 2.26. The van der Waals surface area contributed by atoms with E-state index in [4.69, 9.17) is 21.6 Å². The van der Waals surface area contributed by atoms with Crippen LogP contribution in [0.15, 0.2) is 42.5 Å². The molecule has 1 amide bonds. The highest BCUT2D eigenvalue weighted by molar-refractivity contribution is 6.31. The maximum Gasteiger partial charge on any atom is 0.253 e. The smallest absolute Gasteiger partial charge is 0.253 e. The number of hydrogen-bond donors (Lipinski definition) is 0. The predicted molar refractivity (Wildman–Crippen MR) is 113 cm³/mol. The maximum atomic E-state index is 12.9. The number of amides is 1. The predicted octanol–water partition coefficient (Wildman–Crippen LogP) is 5.26. The van der Waals surface area contributed by atoms with E-state index in [0.29, 0.717) is 34.1 Å². The van der Waals surface area contributed by atoms with Crippen LogP contribution in [0.2, 0.25) is 5.02 Å². The average molecular weight is 409 g/mol. The minimum atomic E-state index is 0.131. The minimum Gasteiger partial charge on any atom is -0.490 e. The zero-order valence-corrected chi connectivity index (χ0v) is 17.5. The van der Waals surface area contributed by atoms with E-state index in [1.54, 1.807) is 18.2 Å². The summed E-state index contributed by atoms with van der Waals surface area (Å²) in [7, 11) is 0. The Kier molecular flexibility index (Phi) is 5.52. The van der Waals surface area contributed by atoms with Gasteiger partial charge in [0.15, 0.2) is 0 Å². The molecule has 0 bridgehead atoms. The number of nitrogens with zero attached hydrogens (tertiary/aromatic N) is 2. The van der Waals surface area contributed by atoms with E-state index >= 15 is 0 Å². The van der Waals surface area contributed by atoms with E-state index in [9.17, 15) is 4.79 Å². The largest absolute Gasteiger partial charge is 0.490 e. The number of likely N-dealkylation sites (tertiary alicyclic amines) is 1. The van der Waals surface area contributed by atoms with Gasteiger partial charge in [-0.2, -0.15) is 5.26 Å². The molecule has 4 nitrogen and oxygen atoms in total. The van der Waals surface area contributed by atoms with Gasteiger partial charge in [0.25, 0.3) is 5.91 Å². The van der Waals surface area contributed by atoms with Gasteiger partial charge in [-0.3, -0.25) is 4.79 Å². The van der Waals surface area contributed by atoms with Gasteiger partial charge >= 0.3 is 0 Å².